The molecule has 1 amide bonds. The summed E-state index contributed by atoms with van der Waals surface area (Å²) < 4.78 is 0. The average Bonchev–Trinajstić information content (AvgIpc) is 2.88. The Bertz CT molecular complexity index is 436. The average molecular weight is 264 g/mol. The van der Waals surface area contributed by atoms with Crippen molar-refractivity contribution in [2.24, 2.45) is 0 Å². The molecule has 5 heteroatoms. The SMILES string of the molecule is CN(CCN1CCCC1)C(=O)c1c(O)cccc1O. The number of aromatic hydroxyl groups is 2. The van der Waals surface area contributed by atoms with E-state index in [1.165, 1.54) is 35.9 Å². The molecule has 0 radical (unpaired) electrons. The number of phenolic OH excluding ortho intramolecular Hbond substituents is 2. The van der Waals surface area contributed by atoms with Gasteiger partial charge in [-0.2, -0.15) is 0 Å². The molecule has 104 valence electrons. The Hall–Kier alpha value is -1.75. The highest BCUT2D eigenvalue weighted by Gasteiger charge is 2.20. The van der Waals surface area contributed by atoms with Gasteiger partial charge in [-0.1, -0.05) is 6.07 Å². The van der Waals surface area contributed by atoms with E-state index in [9.17, 15) is 15.0 Å². The Labute approximate surface area is 113 Å². The van der Waals surface area contributed by atoms with Crippen LogP contribution < -0.4 is 0 Å². The third-order valence-corrected chi connectivity index (χ3v) is 3.53. The zero-order valence-corrected chi connectivity index (χ0v) is 11.2. The van der Waals surface area contributed by atoms with Crippen molar-refractivity contribution < 1.29 is 15.0 Å². The molecule has 1 aliphatic heterocycles. The molecule has 1 aromatic carbocycles. The van der Waals surface area contributed by atoms with Crippen LogP contribution in [-0.2, 0) is 0 Å². The Morgan fingerprint density at radius 3 is 2.42 bits per heavy atom. The van der Waals surface area contributed by atoms with Crippen LogP contribution in [0.1, 0.15) is 23.2 Å². The summed E-state index contributed by atoms with van der Waals surface area (Å²) >= 11 is 0. The maximum absolute atomic E-state index is 12.2. The zero-order chi connectivity index (χ0) is 13.8. The van der Waals surface area contributed by atoms with Crippen LogP contribution in [0.4, 0.5) is 0 Å². The number of likely N-dealkylation sites (N-methyl/N-ethyl adjacent to an activating group) is 1. The van der Waals surface area contributed by atoms with Crippen molar-refractivity contribution in [3.8, 4) is 11.5 Å². The molecule has 0 aliphatic carbocycles. The predicted molar refractivity (Wildman–Crippen MR) is 72.4 cm³/mol. The fourth-order valence-electron chi connectivity index (χ4n) is 2.34. The molecular weight excluding hydrogens is 244 g/mol. The van der Waals surface area contributed by atoms with Crippen molar-refractivity contribution in [3.05, 3.63) is 23.8 Å². The molecule has 1 heterocycles. The highest BCUT2D eigenvalue weighted by Crippen LogP contribution is 2.27. The molecular formula is C14H20N2O3. The molecule has 0 spiro atoms. The van der Waals surface area contributed by atoms with Gasteiger partial charge in [-0.25, -0.2) is 0 Å². The lowest BCUT2D eigenvalue weighted by atomic mass is 10.1. The van der Waals surface area contributed by atoms with E-state index < -0.39 is 0 Å². The Morgan fingerprint density at radius 2 is 1.84 bits per heavy atom. The van der Waals surface area contributed by atoms with E-state index in [1.54, 1.807) is 7.05 Å². The van der Waals surface area contributed by atoms with Crippen molar-refractivity contribution in [1.29, 1.82) is 0 Å². The number of hydrogen-bond donors (Lipinski definition) is 2. The number of amides is 1. The maximum atomic E-state index is 12.2. The molecule has 2 N–H and O–H groups in total. The minimum atomic E-state index is -0.352. The van der Waals surface area contributed by atoms with E-state index in [1.807, 2.05) is 0 Å². The first-order valence-electron chi connectivity index (χ1n) is 6.58. The van der Waals surface area contributed by atoms with Gasteiger partial charge in [0.1, 0.15) is 17.1 Å². The molecule has 1 aliphatic rings. The first kappa shape index (κ1) is 13.7. The molecule has 0 aromatic heterocycles. The zero-order valence-electron chi connectivity index (χ0n) is 11.2. The lowest BCUT2D eigenvalue weighted by Gasteiger charge is -2.22. The number of hydrogen-bond acceptors (Lipinski definition) is 4. The molecule has 0 atom stereocenters. The first-order chi connectivity index (χ1) is 9.09. The standard InChI is InChI=1S/C14H20N2O3/c1-15(9-10-16-7-2-3-8-16)14(19)13-11(17)5-4-6-12(13)18/h4-6,17-18H,2-3,7-10H2,1H3. The van der Waals surface area contributed by atoms with Crippen molar-refractivity contribution in [1.82, 2.24) is 9.80 Å². The summed E-state index contributed by atoms with van der Waals surface area (Å²) in [4.78, 5) is 16.0. The van der Waals surface area contributed by atoms with E-state index >= 15 is 0 Å². The van der Waals surface area contributed by atoms with Crippen molar-refractivity contribution in [3.63, 3.8) is 0 Å². The number of benzene rings is 1. The van der Waals surface area contributed by atoms with Crippen LogP contribution in [0.15, 0.2) is 18.2 Å². The van der Waals surface area contributed by atoms with Crippen molar-refractivity contribution in [2.75, 3.05) is 33.2 Å². The second-order valence-corrected chi connectivity index (χ2v) is 4.95. The lowest BCUT2D eigenvalue weighted by Crippen LogP contribution is -2.35. The summed E-state index contributed by atoms with van der Waals surface area (Å²) in [6, 6.07) is 4.31. The van der Waals surface area contributed by atoms with Gasteiger partial charge in [-0.15, -0.1) is 0 Å². The van der Waals surface area contributed by atoms with Crippen molar-refractivity contribution >= 4 is 5.91 Å². The van der Waals surface area contributed by atoms with Crippen LogP contribution in [0.5, 0.6) is 11.5 Å². The fourth-order valence-corrected chi connectivity index (χ4v) is 2.34. The largest absolute Gasteiger partial charge is 0.507 e. The topological polar surface area (TPSA) is 64.0 Å². The van der Waals surface area contributed by atoms with Gasteiger partial charge >= 0.3 is 0 Å². The van der Waals surface area contributed by atoms with Crippen LogP contribution in [0.25, 0.3) is 0 Å². The number of carbonyl (C=O) groups excluding carboxylic acids is 1. The molecule has 19 heavy (non-hydrogen) atoms. The van der Waals surface area contributed by atoms with Crippen LogP contribution in [0.2, 0.25) is 0 Å². The normalized spacial score (nSPS) is 15.6. The number of nitrogens with zero attached hydrogens (tertiary/aromatic N) is 2. The lowest BCUT2D eigenvalue weighted by molar-refractivity contribution is 0.0776. The van der Waals surface area contributed by atoms with Gasteiger partial charge in [-0.3, -0.25) is 4.79 Å². The predicted octanol–water partition coefficient (Wildman–Crippen LogP) is 1.27. The molecule has 5 nitrogen and oxygen atoms in total. The van der Waals surface area contributed by atoms with Crippen LogP contribution in [-0.4, -0.2) is 59.1 Å². The number of phenols is 2. The van der Waals surface area contributed by atoms with E-state index in [-0.39, 0.29) is 23.0 Å². The van der Waals surface area contributed by atoms with Crippen LogP contribution in [0, 0.1) is 0 Å². The molecule has 1 fully saturated rings. The number of likely N-dealkylation sites (tertiary alicyclic amines) is 1. The number of rotatable bonds is 4. The van der Waals surface area contributed by atoms with Crippen LogP contribution >= 0.6 is 0 Å². The molecule has 1 saturated heterocycles. The second-order valence-electron chi connectivity index (χ2n) is 4.95. The molecule has 0 saturated carbocycles. The summed E-state index contributed by atoms with van der Waals surface area (Å²) in [5.74, 6) is -0.717. The Kier molecular flexibility index (Phi) is 4.27. The van der Waals surface area contributed by atoms with E-state index in [2.05, 4.69) is 4.90 Å². The summed E-state index contributed by atoms with van der Waals surface area (Å²) in [7, 11) is 1.68. The molecule has 0 unspecified atom stereocenters. The van der Waals surface area contributed by atoms with Gasteiger partial charge in [0.2, 0.25) is 0 Å². The Morgan fingerprint density at radius 1 is 1.26 bits per heavy atom. The number of carbonyl (C=O) groups is 1. The van der Waals surface area contributed by atoms with Crippen LogP contribution in [0.3, 0.4) is 0 Å². The second kappa shape index (κ2) is 5.93. The maximum Gasteiger partial charge on any atom is 0.261 e. The summed E-state index contributed by atoms with van der Waals surface area (Å²) in [5, 5.41) is 19.3. The van der Waals surface area contributed by atoms with Gasteiger partial charge in [0.25, 0.3) is 5.91 Å². The monoisotopic (exact) mass is 264 g/mol. The minimum absolute atomic E-state index is 0.0218. The fraction of sp³-hybridized carbons (Fsp3) is 0.500. The minimum Gasteiger partial charge on any atom is -0.507 e. The summed E-state index contributed by atoms with van der Waals surface area (Å²) in [5.41, 5.74) is -0.0218. The van der Waals surface area contributed by atoms with Gasteiger partial charge in [0, 0.05) is 20.1 Å². The highest BCUT2D eigenvalue weighted by atomic mass is 16.3. The van der Waals surface area contributed by atoms with Gasteiger partial charge < -0.3 is 20.0 Å². The Balaban J connectivity index is 1.98. The third-order valence-electron chi connectivity index (χ3n) is 3.53. The molecule has 1 aromatic rings. The van der Waals surface area contributed by atoms with Gasteiger partial charge in [0.15, 0.2) is 0 Å². The first-order valence-corrected chi connectivity index (χ1v) is 6.58. The van der Waals surface area contributed by atoms with E-state index in [0.717, 1.165) is 19.6 Å². The van der Waals surface area contributed by atoms with Gasteiger partial charge in [-0.05, 0) is 38.1 Å². The summed E-state index contributed by atoms with van der Waals surface area (Å²) in [6.45, 7) is 3.59. The smallest absolute Gasteiger partial charge is 0.261 e. The van der Waals surface area contributed by atoms with Crippen molar-refractivity contribution in [2.45, 2.75) is 12.8 Å². The summed E-state index contributed by atoms with van der Waals surface area (Å²) in [6.07, 6.45) is 2.44. The molecule has 0 bridgehead atoms. The van der Waals surface area contributed by atoms with E-state index in [0.29, 0.717) is 6.54 Å². The molecule has 2 rings (SSSR count). The van der Waals surface area contributed by atoms with E-state index in [4.69, 9.17) is 0 Å². The highest BCUT2D eigenvalue weighted by molar-refractivity contribution is 5.99. The van der Waals surface area contributed by atoms with Gasteiger partial charge in [0.05, 0.1) is 0 Å². The third kappa shape index (κ3) is 3.17. The quantitative estimate of drug-likeness (QED) is 0.859.